The minimum absolute atomic E-state index is 0. The van der Waals surface area contributed by atoms with Crippen LogP contribution in [-0.4, -0.2) is 5.97 Å². The van der Waals surface area contributed by atoms with E-state index in [1.54, 1.807) is 12.1 Å². The standard InChI is InChI=1S/C12H16O2.K/c1-2-3-4-7-10-8-5-6-9-11(10)12(13)14;/h5-6,8-9H,2-4,7H2,1H3,(H,13,14);/q;+1/p-1. The van der Waals surface area contributed by atoms with E-state index in [-0.39, 0.29) is 51.4 Å². The molecular weight excluding hydrogens is 215 g/mol. The Bertz CT molecular complexity index is 310. The molecule has 0 N–H and O–H groups in total. The molecule has 76 valence electrons. The molecule has 0 aliphatic rings. The molecular formula is C12H15KO2. The van der Waals surface area contributed by atoms with E-state index in [1.807, 2.05) is 12.1 Å². The molecule has 1 aromatic carbocycles. The Balaban J connectivity index is 0.00000196. The van der Waals surface area contributed by atoms with Crippen molar-refractivity contribution in [2.24, 2.45) is 0 Å². The summed E-state index contributed by atoms with van der Waals surface area (Å²) in [6, 6.07) is 7.07. The van der Waals surface area contributed by atoms with E-state index in [1.165, 1.54) is 0 Å². The number of aryl methyl sites for hydroxylation is 1. The van der Waals surface area contributed by atoms with Crippen LogP contribution >= 0.6 is 0 Å². The zero-order valence-electron chi connectivity index (χ0n) is 9.45. The second-order valence-electron chi connectivity index (χ2n) is 3.40. The first-order valence-corrected chi connectivity index (χ1v) is 5.05. The van der Waals surface area contributed by atoms with E-state index < -0.39 is 5.97 Å². The van der Waals surface area contributed by atoms with Gasteiger partial charge in [-0.1, -0.05) is 44.0 Å². The molecule has 0 saturated heterocycles. The maximum Gasteiger partial charge on any atom is 1.00 e. The number of carboxylic acid groups (broad SMARTS) is 1. The third kappa shape index (κ3) is 5.27. The van der Waals surface area contributed by atoms with Gasteiger partial charge in [-0.15, -0.1) is 0 Å². The van der Waals surface area contributed by atoms with E-state index in [4.69, 9.17) is 0 Å². The third-order valence-electron chi connectivity index (χ3n) is 2.29. The molecule has 0 aliphatic heterocycles. The van der Waals surface area contributed by atoms with Crippen molar-refractivity contribution in [2.45, 2.75) is 32.6 Å². The van der Waals surface area contributed by atoms with Gasteiger partial charge in [0, 0.05) is 5.56 Å². The Morgan fingerprint density at radius 2 is 1.93 bits per heavy atom. The first-order chi connectivity index (χ1) is 6.75. The van der Waals surface area contributed by atoms with Gasteiger partial charge in [-0.2, -0.15) is 0 Å². The van der Waals surface area contributed by atoms with Gasteiger partial charge in [0.1, 0.15) is 0 Å². The number of benzene rings is 1. The minimum atomic E-state index is -1.07. The molecule has 0 fully saturated rings. The van der Waals surface area contributed by atoms with Gasteiger partial charge in [-0.3, -0.25) is 0 Å². The Hall–Kier alpha value is 0.326. The fraction of sp³-hybridized carbons (Fsp3) is 0.417. The maximum atomic E-state index is 10.7. The van der Waals surface area contributed by atoms with E-state index in [0.717, 1.165) is 31.2 Å². The van der Waals surface area contributed by atoms with Crippen molar-refractivity contribution in [1.29, 1.82) is 0 Å². The van der Waals surface area contributed by atoms with Gasteiger partial charge in [0.25, 0.3) is 0 Å². The minimum Gasteiger partial charge on any atom is -0.545 e. The molecule has 1 aromatic rings. The number of rotatable bonds is 5. The van der Waals surface area contributed by atoms with Crippen LogP contribution in [0.1, 0.15) is 42.1 Å². The number of hydrogen-bond donors (Lipinski definition) is 0. The van der Waals surface area contributed by atoms with Crippen LogP contribution in [0.25, 0.3) is 0 Å². The molecule has 0 atom stereocenters. The van der Waals surface area contributed by atoms with Gasteiger partial charge in [-0.25, -0.2) is 0 Å². The van der Waals surface area contributed by atoms with Crippen molar-refractivity contribution in [1.82, 2.24) is 0 Å². The fourth-order valence-electron chi connectivity index (χ4n) is 1.50. The van der Waals surface area contributed by atoms with Crippen LogP contribution in [-0.2, 0) is 6.42 Å². The number of hydrogen-bond acceptors (Lipinski definition) is 2. The summed E-state index contributed by atoms with van der Waals surface area (Å²) in [7, 11) is 0. The number of carboxylic acids is 1. The summed E-state index contributed by atoms with van der Waals surface area (Å²) >= 11 is 0. The van der Waals surface area contributed by atoms with Crippen LogP contribution in [0.4, 0.5) is 0 Å². The van der Waals surface area contributed by atoms with Crippen molar-refractivity contribution in [3.63, 3.8) is 0 Å². The number of unbranched alkanes of at least 4 members (excludes halogenated alkanes) is 2. The van der Waals surface area contributed by atoms with Crippen LogP contribution in [0.5, 0.6) is 0 Å². The summed E-state index contributed by atoms with van der Waals surface area (Å²) in [6.45, 7) is 2.13. The Morgan fingerprint density at radius 1 is 1.27 bits per heavy atom. The summed E-state index contributed by atoms with van der Waals surface area (Å²) in [5.41, 5.74) is 1.23. The molecule has 15 heavy (non-hydrogen) atoms. The first kappa shape index (κ1) is 15.3. The number of carbonyl (C=O) groups excluding carboxylic acids is 1. The molecule has 3 heteroatoms. The molecule has 0 aromatic heterocycles. The SMILES string of the molecule is CCCCCc1ccccc1C(=O)[O-].[K+]. The molecule has 2 nitrogen and oxygen atoms in total. The Kier molecular flexibility index (Phi) is 8.66. The number of carbonyl (C=O) groups is 1. The third-order valence-corrected chi connectivity index (χ3v) is 2.29. The fourth-order valence-corrected chi connectivity index (χ4v) is 1.50. The second-order valence-corrected chi connectivity index (χ2v) is 3.40. The Labute approximate surface area is 133 Å². The van der Waals surface area contributed by atoms with Crippen molar-refractivity contribution >= 4 is 5.97 Å². The largest absolute Gasteiger partial charge is 1.00 e. The molecule has 0 radical (unpaired) electrons. The summed E-state index contributed by atoms with van der Waals surface area (Å²) < 4.78 is 0. The maximum absolute atomic E-state index is 10.7. The molecule has 0 aliphatic carbocycles. The predicted molar refractivity (Wildman–Crippen MR) is 54.0 cm³/mol. The summed E-state index contributed by atoms with van der Waals surface area (Å²) in [6.07, 6.45) is 4.16. The predicted octanol–water partition coefficient (Wildman–Crippen LogP) is -1.21. The second kappa shape index (κ2) is 8.48. The average Bonchev–Trinajstić information content (AvgIpc) is 2.19. The van der Waals surface area contributed by atoms with E-state index >= 15 is 0 Å². The molecule has 1 rings (SSSR count). The monoisotopic (exact) mass is 230 g/mol. The van der Waals surface area contributed by atoms with E-state index in [0.29, 0.717) is 5.56 Å². The zero-order chi connectivity index (χ0) is 10.4. The van der Waals surface area contributed by atoms with Gasteiger partial charge in [0.2, 0.25) is 0 Å². The van der Waals surface area contributed by atoms with Gasteiger partial charge in [0.05, 0.1) is 5.97 Å². The number of aromatic carboxylic acids is 1. The molecule has 0 saturated carbocycles. The normalized spacial score (nSPS) is 9.40. The topological polar surface area (TPSA) is 40.1 Å². The summed E-state index contributed by atoms with van der Waals surface area (Å²) in [5.74, 6) is -1.07. The van der Waals surface area contributed by atoms with Gasteiger partial charge in [-0.05, 0) is 18.4 Å². The average molecular weight is 230 g/mol. The molecule has 0 spiro atoms. The van der Waals surface area contributed by atoms with Gasteiger partial charge in [0.15, 0.2) is 0 Å². The van der Waals surface area contributed by atoms with Crippen LogP contribution in [0.2, 0.25) is 0 Å². The van der Waals surface area contributed by atoms with Crippen LogP contribution < -0.4 is 56.5 Å². The Morgan fingerprint density at radius 3 is 2.53 bits per heavy atom. The quantitative estimate of drug-likeness (QED) is 0.470. The van der Waals surface area contributed by atoms with E-state index in [2.05, 4.69) is 6.92 Å². The first-order valence-electron chi connectivity index (χ1n) is 5.05. The van der Waals surface area contributed by atoms with Crippen LogP contribution in [0.3, 0.4) is 0 Å². The summed E-state index contributed by atoms with van der Waals surface area (Å²) in [4.78, 5) is 10.7. The van der Waals surface area contributed by atoms with Crippen molar-refractivity contribution in [3.05, 3.63) is 35.4 Å². The summed E-state index contributed by atoms with van der Waals surface area (Å²) in [5, 5.41) is 10.7. The van der Waals surface area contributed by atoms with Gasteiger partial charge < -0.3 is 9.90 Å². The molecule has 0 heterocycles. The van der Waals surface area contributed by atoms with Crippen molar-refractivity contribution < 1.29 is 61.3 Å². The smallest absolute Gasteiger partial charge is 0.545 e. The van der Waals surface area contributed by atoms with Crippen LogP contribution in [0, 0.1) is 0 Å². The van der Waals surface area contributed by atoms with Crippen LogP contribution in [0.15, 0.2) is 24.3 Å². The molecule has 0 bridgehead atoms. The van der Waals surface area contributed by atoms with Crippen molar-refractivity contribution in [2.75, 3.05) is 0 Å². The van der Waals surface area contributed by atoms with Gasteiger partial charge >= 0.3 is 51.4 Å². The zero-order valence-corrected chi connectivity index (χ0v) is 12.6. The van der Waals surface area contributed by atoms with Crippen molar-refractivity contribution in [3.8, 4) is 0 Å². The molecule has 0 unspecified atom stereocenters. The molecule has 0 amide bonds. The van der Waals surface area contributed by atoms with E-state index in [9.17, 15) is 9.90 Å².